The molecule has 1 fully saturated rings. The molecule has 1 aromatic rings. The van der Waals surface area contributed by atoms with Crippen LogP contribution in [0.4, 0.5) is 0 Å². The highest BCUT2D eigenvalue weighted by Crippen LogP contribution is 2.26. The van der Waals surface area contributed by atoms with E-state index in [4.69, 9.17) is 16.3 Å². The van der Waals surface area contributed by atoms with Gasteiger partial charge in [-0.3, -0.25) is 0 Å². The van der Waals surface area contributed by atoms with Gasteiger partial charge in [-0.25, -0.2) is 0 Å². The summed E-state index contributed by atoms with van der Waals surface area (Å²) < 4.78 is 6.82. The molecule has 0 amide bonds. The number of hydrogen-bond donors (Lipinski definition) is 1. The Kier molecular flexibility index (Phi) is 3.89. The van der Waals surface area contributed by atoms with Crippen LogP contribution in [0.2, 0.25) is 5.02 Å². The molecule has 0 saturated carbocycles. The van der Waals surface area contributed by atoms with Crippen molar-refractivity contribution in [1.82, 2.24) is 5.32 Å². The van der Waals surface area contributed by atoms with E-state index in [9.17, 15) is 0 Å². The first kappa shape index (κ1) is 11.2. The summed E-state index contributed by atoms with van der Waals surface area (Å²) in [5.74, 6) is 0.848. The summed E-state index contributed by atoms with van der Waals surface area (Å²) in [6.45, 7) is 2.07. The van der Waals surface area contributed by atoms with Gasteiger partial charge < -0.3 is 10.1 Å². The van der Waals surface area contributed by atoms with Crippen molar-refractivity contribution < 1.29 is 4.74 Å². The van der Waals surface area contributed by atoms with Crippen LogP contribution in [0.15, 0.2) is 22.7 Å². The summed E-state index contributed by atoms with van der Waals surface area (Å²) in [6, 6.07) is 5.67. The molecule has 1 aliphatic heterocycles. The van der Waals surface area contributed by atoms with Gasteiger partial charge in [0.25, 0.3) is 0 Å². The molecule has 15 heavy (non-hydrogen) atoms. The third-order valence-corrected chi connectivity index (χ3v) is 3.10. The van der Waals surface area contributed by atoms with Crippen molar-refractivity contribution in [1.29, 1.82) is 0 Å². The smallest absolute Gasteiger partial charge is 0.122 e. The van der Waals surface area contributed by atoms with Crippen LogP contribution in [0.5, 0.6) is 5.75 Å². The Morgan fingerprint density at radius 2 is 2.00 bits per heavy atom. The molecule has 1 aromatic carbocycles. The minimum atomic E-state index is 0.316. The summed E-state index contributed by atoms with van der Waals surface area (Å²) in [5.41, 5.74) is 0. The lowest BCUT2D eigenvalue weighted by atomic mass is 10.1. The summed E-state index contributed by atoms with van der Waals surface area (Å²) in [4.78, 5) is 0. The molecule has 0 atom stereocenters. The average molecular weight is 291 g/mol. The molecule has 82 valence electrons. The molecule has 0 radical (unpaired) electrons. The standard InChI is InChI=1S/C11H13BrClNO/c12-8-5-9(13)7-11(6-8)15-10-1-3-14-4-2-10/h5-7,10,14H,1-4H2. The van der Waals surface area contributed by atoms with Gasteiger partial charge >= 0.3 is 0 Å². The van der Waals surface area contributed by atoms with Crippen LogP contribution in [0.3, 0.4) is 0 Å². The maximum atomic E-state index is 5.95. The van der Waals surface area contributed by atoms with Gasteiger partial charge in [-0.05, 0) is 44.1 Å². The number of nitrogens with one attached hydrogen (secondary N) is 1. The third kappa shape index (κ3) is 3.37. The minimum absolute atomic E-state index is 0.316. The maximum absolute atomic E-state index is 5.95. The fourth-order valence-corrected chi connectivity index (χ4v) is 2.53. The quantitative estimate of drug-likeness (QED) is 0.903. The Morgan fingerprint density at radius 3 is 2.67 bits per heavy atom. The number of hydrogen-bond acceptors (Lipinski definition) is 2. The molecule has 2 nitrogen and oxygen atoms in total. The molecule has 2 rings (SSSR count). The van der Waals surface area contributed by atoms with Crippen molar-refractivity contribution in [3.8, 4) is 5.75 Å². The van der Waals surface area contributed by atoms with Gasteiger partial charge in [0.2, 0.25) is 0 Å². The summed E-state index contributed by atoms with van der Waals surface area (Å²) >= 11 is 9.35. The first-order valence-corrected chi connectivity index (χ1v) is 6.24. The first-order chi connectivity index (χ1) is 7.24. The van der Waals surface area contributed by atoms with E-state index in [2.05, 4.69) is 21.2 Å². The van der Waals surface area contributed by atoms with Gasteiger partial charge in [-0.2, -0.15) is 0 Å². The SMILES string of the molecule is Clc1cc(Br)cc(OC2CCNCC2)c1. The Labute approximate surface area is 103 Å². The predicted octanol–water partition coefficient (Wildman–Crippen LogP) is 3.23. The van der Waals surface area contributed by atoms with E-state index in [0.717, 1.165) is 36.2 Å². The molecule has 1 N–H and O–H groups in total. The Morgan fingerprint density at radius 1 is 1.27 bits per heavy atom. The fraction of sp³-hybridized carbons (Fsp3) is 0.455. The van der Waals surface area contributed by atoms with Gasteiger partial charge in [-0.15, -0.1) is 0 Å². The van der Waals surface area contributed by atoms with Crippen LogP contribution in [0, 0.1) is 0 Å². The minimum Gasteiger partial charge on any atom is -0.490 e. The molecular weight excluding hydrogens is 277 g/mol. The average Bonchev–Trinajstić information content (AvgIpc) is 2.17. The van der Waals surface area contributed by atoms with Crippen LogP contribution in [0.1, 0.15) is 12.8 Å². The Bertz CT molecular complexity index is 319. The van der Waals surface area contributed by atoms with E-state index in [0.29, 0.717) is 11.1 Å². The largest absolute Gasteiger partial charge is 0.490 e. The van der Waals surface area contributed by atoms with Crippen LogP contribution in [-0.4, -0.2) is 19.2 Å². The van der Waals surface area contributed by atoms with E-state index in [1.165, 1.54) is 0 Å². The lowest BCUT2D eigenvalue weighted by Gasteiger charge is -2.23. The summed E-state index contributed by atoms with van der Waals surface area (Å²) in [7, 11) is 0. The van der Waals surface area contributed by atoms with Gasteiger partial charge in [0.05, 0.1) is 0 Å². The van der Waals surface area contributed by atoms with Gasteiger partial charge in [0, 0.05) is 9.50 Å². The summed E-state index contributed by atoms with van der Waals surface area (Å²) in [6.07, 6.45) is 2.44. The van der Waals surface area contributed by atoms with Crippen LogP contribution >= 0.6 is 27.5 Å². The second kappa shape index (κ2) is 5.19. The Hall–Kier alpha value is -0.250. The molecule has 0 bridgehead atoms. The highest BCUT2D eigenvalue weighted by Gasteiger charge is 2.14. The first-order valence-electron chi connectivity index (χ1n) is 5.07. The molecule has 0 spiro atoms. The van der Waals surface area contributed by atoms with E-state index in [1.54, 1.807) is 0 Å². The monoisotopic (exact) mass is 289 g/mol. The van der Waals surface area contributed by atoms with Crippen molar-refractivity contribution in [2.24, 2.45) is 0 Å². The fourth-order valence-electron chi connectivity index (χ4n) is 1.70. The normalized spacial score (nSPS) is 17.7. The predicted molar refractivity (Wildman–Crippen MR) is 65.7 cm³/mol. The van der Waals surface area contributed by atoms with Gasteiger partial charge in [-0.1, -0.05) is 27.5 Å². The van der Waals surface area contributed by atoms with Crippen molar-refractivity contribution in [3.05, 3.63) is 27.7 Å². The second-order valence-electron chi connectivity index (χ2n) is 3.67. The number of rotatable bonds is 2. The lowest BCUT2D eigenvalue weighted by Crippen LogP contribution is -2.34. The topological polar surface area (TPSA) is 21.3 Å². The molecule has 1 heterocycles. The molecule has 0 unspecified atom stereocenters. The highest BCUT2D eigenvalue weighted by molar-refractivity contribution is 9.10. The lowest BCUT2D eigenvalue weighted by molar-refractivity contribution is 0.162. The molecular formula is C11H13BrClNO. The van der Waals surface area contributed by atoms with E-state index in [1.807, 2.05) is 18.2 Å². The van der Waals surface area contributed by atoms with E-state index >= 15 is 0 Å². The Balaban J connectivity index is 2.02. The van der Waals surface area contributed by atoms with Crippen molar-refractivity contribution in [3.63, 3.8) is 0 Å². The number of piperidine rings is 1. The van der Waals surface area contributed by atoms with Crippen molar-refractivity contribution >= 4 is 27.5 Å². The molecule has 0 aromatic heterocycles. The summed E-state index contributed by atoms with van der Waals surface area (Å²) in [5, 5.41) is 4.01. The number of benzene rings is 1. The number of ether oxygens (including phenoxy) is 1. The number of halogens is 2. The zero-order valence-corrected chi connectivity index (χ0v) is 10.6. The second-order valence-corrected chi connectivity index (χ2v) is 5.02. The van der Waals surface area contributed by atoms with Crippen LogP contribution in [0.25, 0.3) is 0 Å². The van der Waals surface area contributed by atoms with Crippen LogP contribution in [-0.2, 0) is 0 Å². The maximum Gasteiger partial charge on any atom is 0.122 e. The molecule has 0 aliphatic carbocycles. The molecule has 1 aliphatic rings. The van der Waals surface area contributed by atoms with Gasteiger partial charge in [0.15, 0.2) is 0 Å². The molecule has 1 saturated heterocycles. The van der Waals surface area contributed by atoms with Gasteiger partial charge in [0.1, 0.15) is 11.9 Å². The van der Waals surface area contributed by atoms with Crippen LogP contribution < -0.4 is 10.1 Å². The van der Waals surface area contributed by atoms with E-state index < -0.39 is 0 Å². The zero-order valence-electron chi connectivity index (χ0n) is 8.30. The highest BCUT2D eigenvalue weighted by atomic mass is 79.9. The van der Waals surface area contributed by atoms with Crippen molar-refractivity contribution in [2.45, 2.75) is 18.9 Å². The zero-order chi connectivity index (χ0) is 10.7. The third-order valence-electron chi connectivity index (χ3n) is 2.42. The van der Waals surface area contributed by atoms with E-state index in [-0.39, 0.29) is 0 Å². The molecule has 4 heteroatoms. The van der Waals surface area contributed by atoms with Crippen molar-refractivity contribution in [2.75, 3.05) is 13.1 Å².